The number of likely N-dealkylation sites (tertiary alicyclic amines) is 1. The molecule has 4 rings (SSSR count). The summed E-state index contributed by atoms with van der Waals surface area (Å²) in [4.78, 5) is 29.8. The largest absolute Gasteiger partial charge is 0.361 e. The maximum Gasteiger partial charge on any atom is 0.224 e. The van der Waals surface area contributed by atoms with Gasteiger partial charge in [-0.1, -0.05) is 47.5 Å². The smallest absolute Gasteiger partial charge is 0.224 e. The molecule has 5 nitrogen and oxygen atoms in total. The lowest BCUT2D eigenvalue weighted by Crippen LogP contribution is -2.45. The standard InChI is InChI=1S/C24H25Cl2N3O2/c1-15(30)29-10-4-5-16(14-29)24(31)28-13-20(18-9-8-17(25)11-22(18)26)21-12-27-23-7-3-2-6-19(21)23/h2-3,6-9,11-12,16,20,27H,4-5,10,13-14H2,1H3,(H,28,31). The van der Waals surface area contributed by atoms with E-state index < -0.39 is 0 Å². The van der Waals surface area contributed by atoms with Crippen LogP contribution in [0, 0.1) is 5.92 Å². The monoisotopic (exact) mass is 457 g/mol. The quantitative estimate of drug-likeness (QED) is 0.567. The van der Waals surface area contributed by atoms with Gasteiger partial charge < -0.3 is 15.2 Å². The maximum absolute atomic E-state index is 13.0. The minimum atomic E-state index is -0.193. The topological polar surface area (TPSA) is 65.2 Å². The molecule has 0 spiro atoms. The molecule has 2 atom stereocenters. The van der Waals surface area contributed by atoms with Gasteiger partial charge in [-0.05, 0) is 42.2 Å². The Morgan fingerprint density at radius 3 is 2.77 bits per heavy atom. The molecule has 0 saturated carbocycles. The molecule has 1 fully saturated rings. The summed E-state index contributed by atoms with van der Waals surface area (Å²) in [6.45, 7) is 3.15. The number of rotatable bonds is 5. The van der Waals surface area contributed by atoms with Crippen molar-refractivity contribution in [2.45, 2.75) is 25.7 Å². The number of hydrogen-bond donors (Lipinski definition) is 2. The van der Waals surface area contributed by atoms with Crippen LogP contribution in [0.4, 0.5) is 0 Å². The Kier molecular flexibility index (Phi) is 6.54. The third kappa shape index (κ3) is 4.73. The SMILES string of the molecule is CC(=O)N1CCCC(C(=O)NCC(c2ccc(Cl)cc2Cl)c2c[nH]c3ccccc23)C1. The number of carbonyl (C=O) groups excluding carboxylic acids is 2. The Labute approximate surface area is 191 Å². The number of halogens is 2. The fraction of sp³-hybridized carbons (Fsp3) is 0.333. The van der Waals surface area contributed by atoms with E-state index in [2.05, 4.69) is 16.4 Å². The van der Waals surface area contributed by atoms with E-state index >= 15 is 0 Å². The van der Waals surface area contributed by atoms with Crippen molar-refractivity contribution in [1.82, 2.24) is 15.2 Å². The van der Waals surface area contributed by atoms with Crippen molar-refractivity contribution in [3.05, 3.63) is 69.8 Å². The first-order valence-electron chi connectivity index (χ1n) is 10.5. The van der Waals surface area contributed by atoms with Crippen LogP contribution in [0.5, 0.6) is 0 Å². The molecule has 0 aliphatic carbocycles. The van der Waals surface area contributed by atoms with Crippen LogP contribution in [-0.2, 0) is 9.59 Å². The van der Waals surface area contributed by atoms with Crippen molar-refractivity contribution in [3.8, 4) is 0 Å². The van der Waals surface area contributed by atoms with E-state index in [1.807, 2.05) is 36.5 Å². The number of aromatic nitrogens is 1. The predicted molar refractivity (Wildman–Crippen MR) is 125 cm³/mol. The predicted octanol–water partition coefficient (Wildman–Crippen LogP) is 4.98. The van der Waals surface area contributed by atoms with Gasteiger partial charge in [0, 0.05) is 59.6 Å². The van der Waals surface area contributed by atoms with Gasteiger partial charge in [0.25, 0.3) is 0 Å². The van der Waals surface area contributed by atoms with Crippen molar-refractivity contribution in [1.29, 1.82) is 0 Å². The number of hydrogen-bond acceptors (Lipinski definition) is 2. The number of para-hydroxylation sites is 1. The summed E-state index contributed by atoms with van der Waals surface area (Å²) in [5, 5.41) is 5.35. The van der Waals surface area contributed by atoms with E-state index in [4.69, 9.17) is 23.2 Å². The second kappa shape index (κ2) is 9.33. The Bertz CT molecular complexity index is 1110. The van der Waals surface area contributed by atoms with Crippen molar-refractivity contribution in [2.75, 3.05) is 19.6 Å². The molecule has 1 aliphatic heterocycles. The molecule has 162 valence electrons. The first-order chi connectivity index (χ1) is 14.9. The lowest BCUT2D eigenvalue weighted by atomic mass is 9.90. The Hall–Kier alpha value is -2.50. The van der Waals surface area contributed by atoms with Crippen LogP contribution in [0.3, 0.4) is 0 Å². The number of amides is 2. The van der Waals surface area contributed by atoms with Crippen molar-refractivity contribution in [2.24, 2.45) is 5.92 Å². The molecule has 2 aromatic carbocycles. The lowest BCUT2D eigenvalue weighted by Gasteiger charge is -2.31. The van der Waals surface area contributed by atoms with Gasteiger partial charge in [0.15, 0.2) is 0 Å². The molecule has 1 saturated heterocycles. The van der Waals surface area contributed by atoms with Gasteiger partial charge in [0.2, 0.25) is 11.8 Å². The molecule has 1 aliphatic rings. The highest BCUT2D eigenvalue weighted by atomic mass is 35.5. The average molecular weight is 458 g/mol. The molecule has 2 unspecified atom stereocenters. The molecule has 2 N–H and O–H groups in total. The molecule has 0 radical (unpaired) electrons. The van der Waals surface area contributed by atoms with E-state index in [-0.39, 0.29) is 23.7 Å². The zero-order valence-corrected chi connectivity index (χ0v) is 18.8. The highest BCUT2D eigenvalue weighted by molar-refractivity contribution is 6.35. The Morgan fingerprint density at radius 2 is 2.00 bits per heavy atom. The summed E-state index contributed by atoms with van der Waals surface area (Å²) in [5.74, 6) is -0.345. The summed E-state index contributed by atoms with van der Waals surface area (Å²) in [5.41, 5.74) is 3.00. The van der Waals surface area contributed by atoms with E-state index in [0.29, 0.717) is 23.1 Å². The molecule has 7 heteroatoms. The molecule has 3 aromatic rings. The van der Waals surface area contributed by atoms with Gasteiger partial charge in [-0.3, -0.25) is 9.59 Å². The fourth-order valence-corrected chi connectivity index (χ4v) is 4.92. The highest BCUT2D eigenvalue weighted by Crippen LogP contribution is 2.35. The Balaban J connectivity index is 1.59. The number of nitrogens with one attached hydrogen (secondary N) is 2. The first-order valence-corrected chi connectivity index (χ1v) is 11.2. The van der Waals surface area contributed by atoms with Gasteiger partial charge >= 0.3 is 0 Å². The number of aromatic amines is 1. The van der Waals surface area contributed by atoms with Gasteiger partial charge in [0.1, 0.15) is 0 Å². The summed E-state index contributed by atoms with van der Waals surface area (Å²) < 4.78 is 0. The minimum Gasteiger partial charge on any atom is -0.361 e. The highest BCUT2D eigenvalue weighted by Gasteiger charge is 2.28. The summed E-state index contributed by atoms with van der Waals surface area (Å²) in [7, 11) is 0. The third-order valence-electron chi connectivity index (χ3n) is 6.05. The summed E-state index contributed by atoms with van der Waals surface area (Å²) >= 11 is 12.7. The number of benzene rings is 2. The lowest BCUT2D eigenvalue weighted by molar-refractivity contribution is -0.133. The number of piperidine rings is 1. The van der Waals surface area contributed by atoms with Crippen LogP contribution in [0.15, 0.2) is 48.7 Å². The fourth-order valence-electron chi connectivity index (χ4n) is 4.38. The number of nitrogens with zero attached hydrogens (tertiary/aromatic N) is 1. The van der Waals surface area contributed by atoms with Gasteiger partial charge in [0.05, 0.1) is 5.92 Å². The molecular weight excluding hydrogens is 433 g/mol. The molecule has 2 heterocycles. The van der Waals surface area contributed by atoms with E-state index in [0.717, 1.165) is 41.4 Å². The number of H-pyrrole nitrogens is 1. The van der Waals surface area contributed by atoms with Crippen LogP contribution in [-0.4, -0.2) is 41.3 Å². The van der Waals surface area contributed by atoms with E-state index in [1.165, 1.54) is 0 Å². The van der Waals surface area contributed by atoms with E-state index in [1.54, 1.807) is 17.9 Å². The van der Waals surface area contributed by atoms with Gasteiger partial charge in [-0.15, -0.1) is 0 Å². The number of carbonyl (C=O) groups is 2. The molecular formula is C24H25Cl2N3O2. The van der Waals surface area contributed by atoms with Crippen LogP contribution in [0.1, 0.15) is 36.8 Å². The normalized spacial score (nSPS) is 17.5. The van der Waals surface area contributed by atoms with E-state index in [9.17, 15) is 9.59 Å². The molecule has 1 aromatic heterocycles. The zero-order valence-electron chi connectivity index (χ0n) is 17.3. The maximum atomic E-state index is 13.0. The average Bonchev–Trinajstić information content (AvgIpc) is 3.19. The molecule has 0 bridgehead atoms. The van der Waals surface area contributed by atoms with Crippen molar-refractivity contribution < 1.29 is 9.59 Å². The van der Waals surface area contributed by atoms with Crippen molar-refractivity contribution >= 4 is 45.9 Å². The Morgan fingerprint density at radius 1 is 1.19 bits per heavy atom. The van der Waals surface area contributed by atoms with Crippen molar-refractivity contribution in [3.63, 3.8) is 0 Å². The minimum absolute atomic E-state index is 0.0158. The van der Waals surface area contributed by atoms with Gasteiger partial charge in [-0.2, -0.15) is 0 Å². The molecule has 2 amide bonds. The summed E-state index contributed by atoms with van der Waals surface area (Å²) in [6, 6.07) is 13.5. The summed E-state index contributed by atoms with van der Waals surface area (Å²) in [6.07, 6.45) is 3.60. The zero-order chi connectivity index (χ0) is 22.0. The van der Waals surface area contributed by atoms with Crippen LogP contribution >= 0.6 is 23.2 Å². The third-order valence-corrected chi connectivity index (χ3v) is 6.61. The second-order valence-electron chi connectivity index (χ2n) is 8.06. The molecule has 31 heavy (non-hydrogen) atoms. The number of fused-ring (bicyclic) bond motifs is 1. The van der Waals surface area contributed by atoms with Crippen LogP contribution < -0.4 is 5.32 Å². The van der Waals surface area contributed by atoms with Crippen LogP contribution in [0.25, 0.3) is 10.9 Å². The first kappa shape index (κ1) is 21.7. The van der Waals surface area contributed by atoms with Gasteiger partial charge in [-0.25, -0.2) is 0 Å². The van der Waals surface area contributed by atoms with Crippen LogP contribution in [0.2, 0.25) is 10.0 Å². The second-order valence-corrected chi connectivity index (χ2v) is 8.90.